The molecule has 112 valence electrons. The summed E-state index contributed by atoms with van der Waals surface area (Å²) in [6.07, 6.45) is 0.396. The highest BCUT2D eigenvalue weighted by Crippen LogP contribution is 2.18. The van der Waals surface area contributed by atoms with Gasteiger partial charge in [0.2, 0.25) is 10.0 Å². The van der Waals surface area contributed by atoms with Gasteiger partial charge in [-0.25, -0.2) is 8.42 Å². The third-order valence-corrected chi connectivity index (χ3v) is 4.92. The summed E-state index contributed by atoms with van der Waals surface area (Å²) in [5.41, 5.74) is 6.51. The van der Waals surface area contributed by atoms with Gasteiger partial charge in [-0.1, -0.05) is 43.8 Å². The molecule has 0 radical (unpaired) electrons. The highest BCUT2D eigenvalue weighted by atomic mass is 32.2. The molecule has 1 aromatic carbocycles. The van der Waals surface area contributed by atoms with Crippen molar-refractivity contribution in [2.75, 3.05) is 13.1 Å². The molecule has 0 aliphatic carbocycles. The first-order chi connectivity index (χ1) is 9.23. The molecule has 0 unspecified atom stereocenters. The molecule has 0 fully saturated rings. The molecule has 0 spiro atoms. The van der Waals surface area contributed by atoms with Gasteiger partial charge in [-0.2, -0.15) is 4.31 Å². The average molecular weight is 314 g/mol. The van der Waals surface area contributed by atoms with E-state index in [0.29, 0.717) is 29.4 Å². The molecule has 0 saturated carbocycles. The summed E-state index contributed by atoms with van der Waals surface area (Å²) in [6, 6.07) is 6.87. The van der Waals surface area contributed by atoms with E-state index >= 15 is 0 Å². The molecule has 0 atom stereocenters. The normalized spacial score (nSPS) is 12.1. The molecule has 0 heterocycles. The topological polar surface area (TPSA) is 63.4 Å². The summed E-state index contributed by atoms with van der Waals surface area (Å²) in [7, 11) is -3.49. The van der Waals surface area contributed by atoms with Gasteiger partial charge < -0.3 is 5.73 Å². The van der Waals surface area contributed by atoms with Gasteiger partial charge in [0.25, 0.3) is 0 Å². The molecule has 20 heavy (non-hydrogen) atoms. The largest absolute Gasteiger partial charge is 0.393 e. The van der Waals surface area contributed by atoms with Gasteiger partial charge in [-0.15, -0.1) is 0 Å². The van der Waals surface area contributed by atoms with Gasteiger partial charge in [-0.05, 0) is 25.0 Å². The lowest BCUT2D eigenvalue weighted by atomic mass is 10.2. The molecule has 0 aliphatic heterocycles. The van der Waals surface area contributed by atoms with Crippen LogP contribution in [-0.4, -0.2) is 30.8 Å². The molecule has 1 aromatic rings. The molecule has 6 heteroatoms. The van der Waals surface area contributed by atoms with Crippen LogP contribution in [0.3, 0.4) is 0 Å². The van der Waals surface area contributed by atoms with Gasteiger partial charge >= 0.3 is 0 Å². The van der Waals surface area contributed by atoms with Crippen molar-refractivity contribution in [1.29, 1.82) is 0 Å². The second-order valence-corrected chi connectivity index (χ2v) is 7.75. The zero-order valence-electron chi connectivity index (χ0n) is 12.2. The molecule has 0 aromatic heterocycles. The zero-order valence-corrected chi connectivity index (χ0v) is 13.8. The molecule has 0 saturated heterocycles. The lowest BCUT2D eigenvalue weighted by Gasteiger charge is -2.24. The van der Waals surface area contributed by atoms with Crippen LogP contribution in [-0.2, 0) is 10.0 Å². The minimum absolute atomic E-state index is 0.238. The van der Waals surface area contributed by atoms with Crippen molar-refractivity contribution < 1.29 is 8.42 Å². The first kappa shape index (κ1) is 17.1. The first-order valence-electron chi connectivity index (χ1n) is 6.58. The van der Waals surface area contributed by atoms with Gasteiger partial charge in [0.1, 0.15) is 0 Å². The minimum atomic E-state index is -3.49. The van der Waals surface area contributed by atoms with Crippen LogP contribution in [0.15, 0.2) is 29.2 Å². The Hall–Kier alpha value is -0.980. The van der Waals surface area contributed by atoms with E-state index in [0.717, 1.165) is 5.56 Å². The summed E-state index contributed by atoms with van der Waals surface area (Å²) >= 11 is 4.84. The Morgan fingerprint density at radius 3 is 2.30 bits per heavy atom. The van der Waals surface area contributed by atoms with E-state index in [9.17, 15) is 8.42 Å². The number of hydrogen-bond acceptors (Lipinski definition) is 3. The Bertz CT molecular complexity index is 551. The lowest BCUT2D eigenvalue weighted by Crippen LogP contribution is -2.36. The molecule has 0 bridgehead atoms. The van der Waals surface area contributed by atoms with Crippen molar-refractivity contribution in [3.63, 3.8) is 0 Å². The summed E-state index contributed by atoms with van der Waals surface area (Å²) in [6.45, 7) is 6.68. The maximum Gasteiger partial charge on any atom is 0.243 e. The van der Waals surface area contributed by atoms with Gasteiger partial charge in [0, 0.05) is 19.5 Å². The van der Waals surface area contributed by atoms with Crippen molar-refractivity contribution in [1.82, 2.24) is 4.31 Å². The Balaban J connectivity index is 3.03. The van der Waals surface area contributed by atoms with E-state index in [4.69, 9.17) is 18.0 Å². The number of nitrogens with two attached hydrogens (primary N) is 1. The second kappa shape index (κ2) is 7.15. The van der Waals surface area contributed by atoms with Crippen molar-refractivity contribution in [2.45, 2.75) is 32.1 Å². The van der Waals surface area contributed by atoms with Crippen molar-refractivity contribution in [2.24, 2.45) is 11.7 Å². The summed E-state index contributed by atoms with van der Waals surface area (Å²) in [5, 5.41) is 0. The Morgan fingerprint density at radius 1 is 1.30 bits per heavy atom. The highest BCUT2D eigenvalue weighted by Gasteiger charge is 2.24. The molecule has 2 N–H and O–H groups in total. The number of rotatable bonds is 7. The molecular weight excluding hydrogens is 292 g/mol. The third-order valence-electron chi connectivity index (χ3n) is 2.84. The summed E-state index contributed by atoms with van der Waals surface area (Å²) in [4.78, 5) is 0.643. The number of hydrogen-bond donors (Lipinski definition) is 1. The van der Waals surface area contributed by atoms with E-state index in [1.807, 2.05) is 20.8 Å². The predicted molar refractivity (Wildman–Crippen MR) is 86.2 cm³/mol. The maximum absolute atomic E-state index is 12.6. The van der Waals surface area contributed by atoms with E-state index in [-0.39, 0.29) is 5.92 Å². The van der Waals surface area contributed by atoms with Crippen LogP contribution < -0.4 is 5.73 Å². The maximum atomic E-state index is 12.6. The number of benzene rings is 1. The second-order valence-electron chi connectivity index (χ2n) is 5.29. The smallest absolute Gasteiger partial charge is 0.243 e. The third kappa shape index (κ3) is 4.85. The number of nitrogens with zero attached hydrogens (tertiary/aromatic N) is 1. The number of thiocarbonyl (C=S) groups is 1. The average Bonchev–Trinajstić information content (AvgIpc) is 2.34. The zero-order chi connectivity index (χ0) is 15.3. The Morgan fingerprint density at radius 2 is 1.85 bits per heavy atom. The fourth-order valence-electron chi connectivity index (χ4n) is 1.81. The number of sulfonamides is 1. The van der Waals surface area contributed by atoms with E-state index in [2.05, 4.69) is 0 Å². The predicted octanol–water partition coefficient (Wildman–Crippen LogP) is 2.32. The van der Waals surface area contributed by atoms with E-state index in [1.54, 1.807) is 24.3 Å². The van der Waals surface area contributed by atoms with E-state index in [1.165, 1.54) is 4.31 Å². The monoisotopic (exact) mass is 314 g/mol. The van der Waals surface area contributed by atoms with Crippen LogP contribution in [0, 0.1) is 12.8 Å². The van der Waals surface area contributed by atoms with E-state index < -0.39 is 10.0 Å². The van der Waals surface area contributed by atoms with Gasteiger partial charge in [-0.3, -0.25) is 0 Å². The molecule has 4 nitrogen and oxygen atoms in total. The quantitative estimate of drug-likeness (QED) is 0.785. The summed E-state index contributed by atoms with van der Waals surface area (Å²) in [5.74, 6) is 0.238. The van der Waals surface area contributed by atoms with Crippen LogP contribution >= 0.6 is 12.2 Å². The first-order valence-corrected chi connectivity index (χ1v) is 8.43. The van der Waals surface area contributed by atoms with Gasteiger partial charge in [0.15, 0.2) is 0 Å². The van der Waals surface area contributed by atoms with Crippen LogP contribution in [0.5, 0.6) is 0 Å². The summed E-state index contributed by atoms with van der Waals surface area (Å²) < 4.78 is 26.7. The molecular formula is C14H22N2O2S2. The standard InChI is InChI=1S/C14H22N2O2S2/c1-11(2)10-16(9-8-14(15)19)20(17,18)13-6-4-12(3)5-7-13/h4-7,11H,8-10H2,1-3H3,(H2,15,19). The highest BCUT2D eigenvalue weighted by molar-refractivity contribution is 7.89. The lowest BCUT2D eigenvalue weighted by molar-refractivity contribution is 0.374. The molecule has 0 aliphatic rings. The van der Waals surface area contributed by atoms with Crippen molar-refractivity contribution in [3.05, 3.63) is 29.8 Å². The fourth-order valence-corrected chi connectivity index (χ4v) is 3.51. The van der Waals surface area contributed by atoms with Crippen molar-refractivity contribution in [3.8, 4) is 0 Å². The van der Waals surface area contributed by atoms with Crippen LogP contribution in [0.2, 0.25) is 0 Å². The number of aryl methyl sites for hydroxylation is 1. The van der Waals surface area contributed by atoms with Crippen molar-refractivity contribution >= 4 is 27.2 Å². The fraction of sp³-hybridized carbons (Fsp3) is 0.500. The molecule has 0 amide bonds. The van der Waals surface area contributed by atoms with Crippen LogP contribution in [0.1, 0.15) is 25.8 Å². The van der Waals surface area contributed by atoms with Crippen LogP contribution in [0.4, 0.5) is 0 Å². The SMILES string of the molecule is Cc1ccc(S(=O)(=O)N(CCC(N)=S)CC(C)C)cc1. The minimum Gasteiger partial charge on any atom is -0.393 e. The Kier molecular flexibility index (Phi) is 6.10. The molecule has 1 rings (SSSR count). The van der Waals surface area contributed by atoms with Crippen LogP contribution in [0.25, 0.3) is 0 Å². The van der Waals surface area contributed by atoms with Gasteiger partial charge in [0.05, 0.1) is 9.88 Å². The Labute approximate surface area is 127 Å².